The summed E-state index contributed by atoms with van der Waals surface area (Å²) >= 11 is 3.49. The molecule has 0 aromatic heterocycles. The number of rotatable bonds is 20. The standard InChI is InChI=1S/C33H44O6S2/c1-25(2)31(34)38-19-23-40-21-7-17-36-29-13-9-27(10-14-29)33(5,6)28-11-15-30(16-12-28)37-18-8-22-41-24-20-39-32(35)26(3)4/h9-16H,1,3,7-8,17-24H2,2,4-6H3. The van der Waals surface area contributed by atoms with Gasteiger partial charge in [0.15, 0.2) is 0 Å². The van der Waals surface area contributed by atoms with Crippen LogP contribution in [-0.2, 0) is 24.5 Å². The lowest BCUT2D eigenvalue weighted by Gasteiger charge is -2.26. The molecule has 0 N–H and O–H groups in total. The number of thioether (sulfide) groups is 2. The third kappa shape index (κ3) is 13.1. The second-order valence-corrected chi connectivity index (χ2v) is 12.6. The van der Waals surface area contributed by atoms with Gasteiger partial charge < -0.3 is 18.9 Å². The Morgan fingerprint density at radius 3 is 1.34 bits per heavy atom. The van der Waals surface area contributed by atoms with Gasteiger partial charge in [0.1, 0.15) is 24.7 Å². The summed E-state index contributed by atoms with van der Waals surface area (Å²) < 4.78 is 22.0. The summed E-state index contributed by atoms with van der Waals surface area (Å²) in [5, 5.41) is 0. The van der Waals surface area contributed by atoms with Crippen LogP contribution in [0.1, 0.15) is 51.7 Å². The van der Waals surface area contributed by atoms with Crippen molar-refractivity contribution in [1.82, 2.24) is 0 Å². The van der Waals surface area contributed by atoms with E-state index in [0.29, 0.717) is 37.6 Å². The molecule has 6 nitrogen and oxygen atoms in total. The lowest BCUT2D eigenvalue weighted by molar-refractivity contribution is -0.139. The smallest absolute Gasteiger partial charge is 0.333 e. The van der Waals surface area contributed by atoms with Crippen molar-refractivity contribution in [3.05, 3.63) is 84.0 Å². The van der Waals surface area contributed by atoms with Crippen molar-refractivity contribution >= 4 is 35.5 Å². The number of carbonyl (C=O) groups is 2. The van der Waals surface area contributed by atoms with Gasteiger partial charge in [0.25, 0.3) is 0 Å². The minimum absolute atomic E-state index is 0.161. The van der Waals surface area contributed by atoms with E-state index < -0.39 is 0 Å². The van der Waals surface area contributed by atoms with Gasteiger partial charge in [0.05, 0.1) is 13.2 Å². The molecule has 0 unspecified atom stereocenters. The Kier molecular flexibility index (Phi) is 15.6. The van der Waals surface area contributed by atoms with Crippen molar-refractivity contribution < 1.29 is 28.5 Å². The molecule has 224 valence electrons. The Morgan fingerprint density at radius 1 is 0.634 bits per heavy atom. The zero-order valence-electron chi connectivity index (χ0n) is 24.9. The molecule has 41 heavy (non-hydrogen) atoms. The van der Waals surface area contributed by atoms with Gasteiger partial charge in [-0.25, -0.2) is 9.59 Å². The molecule has 2 aromatic carbocycles. The third-order valence-electron chi connectivity index (χ3n) is 6.17. The third-order valence-corrected chi connectivity index (χ3v) is 8.24. The fourth-order valence-corrected chi connectivity index (χ4v) is 5.10. The van der Waals surface area contributed by atoms with Crippen molar-refractivity contribution in [2.75, 3.05) is 49.4 Å². The van der Waals surface area contributed by atoms with Gasteiger partial charge in [0, 0.05) is 28.1 Å². The first-order valence-corrected chi connectivity index (χ1v) is 16.2. The Morgan fingerprint density at radius 2 is 1.00 bits per heavy atom. The topological polar surface area (TPSA) is 71.1 Å². The summed E-state index contributed by atoms with van der Waals surface area (Å²) in [6.45, 7) is 17.0. The lowest BCUT2D eigenvalue weighted by atomic mass is 9.78. The average molecular weight is 601 g/mol. The van der Waals surface area contributed by atoms with Gasteiger partial charge in [0.2, 0.25) is 0 Å². The number of esters is 2. The molecule has 2 aromatic rings. The van der Waals surface area contributed by atoms with Crippen molar-refractivity contribution in [2.45, 2.75) is 46.0 Å². The van der Waals surface area contributed by atoms with Crippen LogP contribution in [0.5, 0.6) is 11.5 Å². The summed E-state index contributed by atoms with van der Waals surface area (Å²) in [6.07, 6.45) is 1.85. The molecule has 0 saturated carbocycles. The first kappa shape index (κ1) is 34.4. The van der Waals surface area contributed by atoms with Crippen LogP contribution in [0.15, 0.2) is 72.8 Å². The highest BCUT2D eigenvalue weighted by Gasteiger charge is 2.23. The summed E-state index contributed by atoms with van der Waals surface area (Å²) in [4.78, 5) is 22.7. The highest BCUT2D eigenvalue weighted by atomic mass is 32.2. The van der Waals surface area contributed by atoms with Crippen LogP contribution >= 0.6 is 23.5 Å². The van der Waals surface area contributed by atoms with E-state index >= 15 is 0 Å². The molecular weight excluding hydrogens is 556 g/mol. The summed E-state index contributed by atoms with van der Waals surface area (Å²) in [7, 11) is 0. The second-order valence-electron chi connectivity index (χ2n) is 10.1. The molecule has 0 aliphatic heterocycles. The van der Waals surface area contributed by atoms with Crippen molar-refractivity contribution in [1.29, 1.82) is 0 Å². The fourth-order valence-electron chi connectivity index (χ4n) is 3.64. The van der Waals surface area contributed by atoms with Crippen molar-refractivity contribution in [2.24, 2.45) is 0 Å². The maximum Gasteiger partial charge on any atom is 0.333 e. The van der Waals surface area contributed by atoms with Crippen molar-refractivity contribution in [3.8, 4) is 11.5 Å². The second kappa shape index (κ2) is 18.6. The fraction of sp³-hybridized carbons (Fsp3) is 0.455. The molecule has 0 saturated heterocycles. The molecule has 0 atom stereocenters. The quantitative estimate of drug-likeness (QED) is 0.0894. The van der Waals surface area contributed by atoms with E-state index in [4.69, 9.17) is 18.9 Å². The lowest BCUT2D eigenvalue weighted by Crippen LogP contribution is -2.18. The molecule has 0 heterocycles. The van der Waals surface area contributed by atoms with Gasteiger partial charge >= 0.3 is 11.9 Å². The van der Waals surface area contributed by atoms with Gasteiger partial charge in [-0.2, -0.15) is 23.5 Å². The highest BCUT2D eigenvalue weighted by molar-refractivity contribution is 7.99. The zero-order chi connectivity index (χ0) is 30.1. The number of benzene rings is 2. The van der Waals surface area contributed by atoms with Gasteiger partial charge in [-0.05, 0) is 73.6 Å². The van der Waals surface area contributed by atoms with E-state index in [1.807, 2.05) is 24.3 Å². The first-order valence-electron chi connectivity index (χ1n) is 13.9. The van der Waals surface area contributed by atoms with E-state index in [0.717, 1.165) is 47.4 Å². The Balaban J connectivity index is 1.66. The maximum absolute atomic E-state index is 11.3. The Hall–Kier alpha value is -2.84. The largest absolute Gasteiger partial charge is 0.494 e. The van der Waals surface area contributed by atoms with Crippen LogP contribution in [0.3, 0.4) is 0 Å². The minimum Gasteiger partial charge on any atom is -0.494 e. The molecule has 0 aliphatic carbocycles. The maximum atomic E-state index is 11.3. The number of hydrogen-bond donors (Lipinski definition) is 0. The molecule has 0 fully saturated rings. The minimum atomic E-state index is -0.331. The average Bonchev–Trinajstić information content (AvgIpc) is 2.95. The molecule has 0 spiro atoms. The van der Waals surface area contributed by atoms with Crippen LogP contribution in [0.2, 0.25) is 0 Å². The SMILES string of the molecule is C=C(C)C(=O)OCCSCCCOc1ccc(C(C)(C)c2ccc(OCCCSCCOC(=O)C(=C)C)cc2)cc1. The van der Waals surface area contributed by atoms with Gasteiger partial charge in [-0.3, -0.25) is 0 Å². The summed E-state index contributed by atoms with van der Waals surface area (Å²) in [6, 6.07) is 16.6. The summed E-state index contributed by atoms with van der Waals surface area (Å²) in [5.41, 5.74) is 3.12. The van der Waals surface area contributed by atoms with Gasteiger partial charge in [-0.1, -0.05) is 51.3 Å². The van der Waals surface area contributed by atoms with E-state index in [1.165, 1.54) is 11.1 Å². The Bertz CT molecular complexity index is 1020. The van der Waals surface area contributed by atoms with Gasteiger partial charge in [-0.15, -0.1) is 0 Å². The van der Waals surface area contributed by atoms with E-state index in [1.54, 1.807) is 37.4 Å². The van der Waals surface area contributed by atoms with E-state index in [9.17, 15) is 9.59 Å². The molecule has 0 bridgehead atoms. The number of hydrogen-bond acceptors (Lipinski definition) is 8. The predicted octanol–water partition coefficient (Wildman–Crippen LogP) is 7.26. The Labute approximate surface area is 254 Å². The molecule has 0 aliphatic rings. The van der Waals surface area contributed by atoms with Crippen molar-refractivity contribution in [3.63, 3.8) is 0 Å². The molecule has 0 radical (unpaired) electrons. The molecule has 2 rings (SSSR count). The van der Waals surface area contributed by atoms with Crippen LogP contribution in [-0.4, -0.2) is 61.4 Å². The molecular formula is C33H44O6S2. The number of carbonyl (C=O) groups excluding carboxylic acids is 2. The normalized spacial score (nSPS) is 11.0. The highest BCUT2D eigenvalue weighted by Crippen LogP contribution is 2.33. The molecule has 8 heteroatoms. The van der Waals surface area contributed by atoms with E-state index in [-0.39, 0.29) is 17.4 Å². The zero-order valence-corrected chi connectivity index (χ0v) is 26.5. The first-order chi connectivity index (χ1) is 19.6. The molecule has 0 amide bonds. The van der Waals surface area contributed by atoms with Crippen LogP contribution in [0, 0.1) is 0 Å². The number of ether oxygens (including phenoxy) is 4. The van der Waals surface area contributed by atoms with Crippen LogP contribution in [0.4, 0.5) is 0 Å². The monoisotopic (exact) mass is 600 g/mol. The predicted molar refractivity (Wildman–Crippen MR) is 171 cm³/mol. The van der Waals surface area contributed by atoms with Crippen LogP contribution < -0.4 is 9.47 Å². The van der Waals surface area contributed by atoms with E-state index in [2.05, 4.69) is 51.3 Å². The summed E-state index contributed by atoms with van der Waals surface area (Å²) in [5.74, 6) is 4.50. The van der Waals surface area contributed by atoms with Crippen LogP contribution in [0.25, 0.3) is 0 Å².